The molecule has 2 N–H and O–H groups in total. The second-order valence-corrected chi connectivity index (χ2v) is 5.14. The Kier molecular flexibility index (Phi) is 5.11. The van der Waals surface area contributed by atoms with Crippen LogP contribution in [-0.4, -0.2) is 29.9 Å². The zero-order valence-electron chi connectivity index (χ0n) is 13.4. The van der Waals surface area contributed by atoms with Crippen molar-refractivity contribution in [3.63, 3.8) is 0 Å². The number of carboxylic acid groups (broad SMARTS) is 1. The third-order valence-electron chi connectivity index (χ3n) is 3.74. The molecule has 0 heterocycles. The summed E-state index contributed by atoms with van der Waals surface area (Å²) in [7, 11) is 1.59. The summed E-state index contributed by atoms with van der Waals surface area (Å²) in [6.07, 6.45) is 0. The fraction of sp³-hybridized carbons (Fsp3) is 0.278. The van der Waals surface area contributed by atoms with Gasteiger partial charge in [-0.2, -0.15) is 0 Å². The maximum atomic E-state index is 11.3. The van der Waals surface area contributed by atoms with E-state index >= 15 is 0 Å². The Morgan fingerprint density at radius 1 is 1.17 bits per heavy atom. The van der Waals surface area contributed by atoms with E-state index in [1.165, 1.54) is 6.07 Å². The molecule has 0 aromatic heterocycles. The molecule has 0 radical (unpaired) electrons. The normalized spacial score (nSPS) is 11.8. The molecule has 0 amide bonds. The van der Waals surface area contributed by atoms with Crippen LogP contribution in [0.3, 0.4) is 0 Å². The van der Waals surface area contributed by atoms with Crippen molar-refractivity contribution in [1.29, 1.82) is 0 Å². The van der Waals surface area contributed by atoms with Crippen molar-refractivity contribution in [2.75, 3.05) is 13.7 Å². The summed E-state index contributed by atoms with van der Waals surface area (Å²) >= 11 is 0. The van der Waals surface area contributed by atoms with E-state index in [-0.39, 0.29) is 17.2 Å². The quantitative estimate of drug-likeness (QED) is 0.850. The number of aromatic hydroxyl groups is 1. The summed E-state index contributed by atoms with van der Waals surface area (Å²) < 4.78 is 10.6. The summed E-state index contributed by atoms with van der Waals surface area (Å²) in [4.78, 5) is 11.3. The van der Waals surface area contributed by atoms with Gasteiger partial charge >= 0.3 is 5.97 Å². The minimum atomic E-state index is -1.19. The average molecular weight is 316 g/mol. The lowest BCUT2D eigenvalue weighted by atomic mass is 9.90. The van der Waals surface area contributed by atoms with Crippen LogP contribution in [0.25, 0.3) is 0 Å². The Balaban J connectivity index is 2.48. The van der Waals surface area contributed by atoms with Crippen LogP contribution in [-0.2, 0) is 0 Å². The minimum absolute atomic E-state index is 0.161. The van der Waals surface area contributed by atoms with Crippen LogP contribution in [0.4, 0.5) is 0 Å². The van der Waals surface area contributed by atoms with Gasteiger partial charge in [0, 0.05) is 11.5 Å². The van der Waals surface area contributed by atoms with Crippen LogP contribution in [0.15, 0.2) is 36.4 Å². The van der Waals surface area contributed by atoms with Gasteiger partial charge in [-0.3, -0.25) is 0 Å². The fourth-order valence-corrected chi connectivity index (χ4v) is 2.44. The second kappa shape index (κ2) is 7.05. The number of carbonyl (C=O) groups is 1. The van der Waals surface area contributed by atoms with Gasteiger partial charge in [-0.1, -0.05) is 19.1 Å². The molecule has 1 atom stereocenters. The van der Waals surface area contributed by atoms with Crippen LogP contribution in [0.1, 0.15) is 41.3 Å². The maximum Gasteiger partial charge on any atom is 0.339 e. The number of aromatic carboxylic acids is 1. The van der Waals surface area contributed by atoms with E-state index in [4.69, 9.17) is 9.47 Å². The standard InChI is InChI=1S/C18H20O5/c1-4-23-14-9-15(17(19)16(10-14)18(20)21)11(2)12-5-7-13(22-3)8-6-12/h5-11,19H,4H2,1-3H3,(H,20,21). The minimum Gasteiger partial charge on any atom is -0.507 e. The van der Waals surface area contributed by atoms with Crippen molar-refractivity contribution in [2.45, 2.75) is 19.8 Å². The van der Waals surface area contributed by atoms with Gasteiger partial charge in [0.25, 0.3) is 0 Å². The third kappa shape index (κ3) is 3.56. The van der Waals surface area contributed by atoms with Crippen molar-refractivity contribution in [2.24, 2.45) is 0 Å². The van der Waals surface area contributed by atoms with Crippen LogP contribution in [0.2, 0.25) is 0 Å². The van der Waals surface area contributed by atoms with E-state index in [1.807, 2.05) is 38.1 Å². The SMILES string of the molecule is CCOc1cc(C(=O)O)c(O)c(C(C)c2ccc(OC)cc2)c1. The van der Waals surface area contributed by atoms with Crippen molar-refractivity contribution in [1.82, 2.24) is 0 Å². The number of phenols is 1. The van der Waals surface area contributed by atoms with Gasteiger partial charge < -0.3 is 19.7 Å². The zero-order chi connectivity index (χ0) is 17.0. The van der Waals surface area contributed by atoms with Crippen LogP contribution in [0.5, 0.6) is 17.2 Å². The molecule has 0 saturated carbocycles. The number of hydrogen-bond donors (Lipinski definition) is 2. The Morgan fingerprint density at radius 2 is 1.83 bits per heavy atom. The van der Waals surface area contributed by atoms with E-state index in [2.05, 4.69) is 0 Å². The monoisotopic (exact) mass is 316 g/mol. The first-order valence-electron chi connectivity index (χ1n) is 7.34. The summed E-state index contributed by atoms with van der Waals surface area (Å²) in [5.41, 5.74) is 1.29. The molecule has 2 aromatic rings. The Labute approximate surface area is 135 Å². The molecule has 23 heavy (non-hydrogen) atoms. The predicted molar refractivity (Wildman–Crippen MR) is 86.7 cm³/mol. The number of ether oxygens (including phenoxy) is 2. The first-order chi connectivity index (χ1) is 11.0. The van der Waals surface area contributed by atoms with Crippen LogP contribution >= 0.6 is 0 Å². The largest absolute Gasteiger partial charge is 0.507 e. The Morgan fingerprint density at radius 3 is 2.35 bits per heavy atom. The van der Waals surface area contributed by atoms with E-state index in [9.17, 15) is 15.0 Å². The molecule has 1 unspecified atom stereocenters. The molecule has 0 aliphatic carbocycles. The molecule has 0 aliphatic rings. The zero-order valence-corrected chi connectivity index (χ0v) is 13.4. The summed E-state index contributed by atoms with van der Waals surface area (Å²) in [5.74, 6) is -0.451. The van der Waals surface area contributed by atoms with Crippen molar-refractivity contribution in [3.05, 3.63) is 53.1 Å². The van der Waals surface area contributed by atoms with Crippen molar-refractivity contribution < 1.29 is 24.5 Å². The number of hydrogen-bond acceptors (Lipinski definition) is 4. The first-order valence-corrected chi connectivity index (χ1v) is 7.34. The second-order valence-electron chi connectivity index (χ2n) is 5.14. The lowest BCUT2D eigenvalue weighted by molar-refractivity contribution is 0.0693. The molecule has 5 heteroatoms. The Bertz CT molecular complexity index is 691. The van der Waals surface area contributed by atoms with Crippen LogP contribution in [0, 0.1) is 0 Å². The highest BCUT2D eigenvalue weighted by molar-refractivity contribution is 5.92. The molecule has 0 saturated heterocycles. The summed E-state index contributed by atoms with van der Waals surface area (Å²) in [6, 6.07) is 10.4. The van der Waals surface area contributed by atoms with E-state index in [1.54, 1.807) is 13.2 Å². The molecular weight excluding hydrogens is 296 g/mol. The topological polar surface area (TPSA) is 76.0 Å². The summed E-state index contributed by atoms with van der Waals surface area (Å²) in [6.45, 7) is 4.14. The molecular formula is C18H20O5. The number of rotatable bonds is 6. The molecule has 0 aliphatic heterocycles. The van der Waals surface area contributed by atoms with Crippen molar-refractivity contribution >= 4 is 5.97 Å². The molecule has 2 rings (SSSR count). The van der Waals surface area contributed by atoms with Gasteiger partial charge in [-0.05, 0) is 36.8 Å². The van der Waals surface area contributed by atoms with Crippen molar-refractivity contribution in [3.8, 4) is 17.2 Å². The lowest BCUT2D eigenvalue weighted by Crippen LogP contribution is -2.05. The summed E-state index contributed by atoms with van der Waals surface area (Å²) in [5, 5.41) is 19.6. The smallest absolute Gasteiger partial charge is 0.339 e. The van der Waals surface area contributed by atoms with E-state index in [0.29, 0.717) is 17.9 Å². The van der Waals surface area contributed by atoms with Gasteiger partial charge in [0.05, 0.1) is 13.7 Å². The van der Waals surface area contributed by atoms with Gasteiger partial charge in [0.1, 0.15) is 22.8 Å². The lowest BCUT2D eigenvalue weighted by Gasteiger charge is -2.17. The van der Waals surface area contributed by atoms with E-state index < -0.39 is 5.97 Å². The molecule has 122 valence electrons. The van der Waals surface area contributed by atoms with Crippen LogP contribution < -0.4 is 9.47 Å². The number of methoxy groups -OCH3 is 1. The number of benzene rings is 2. The van der Waals surface area contributed by atoms with Gasteiger partial charge in [-0.25, -0.2) is 4.79 Å². The third-order valence-corrected chi connectivity index (χ3v) is 3.74. The highest BCUT2D eigenvalue weighted by Gasteiger charge is 2.21. The predicted octanol–water partition coefficient (Wildman–Crippen LogP) is 3.65. The molecule has 0 spiro atoms. The maximum absolute atomic E-state index is 11.3. The first kappa shape index (κ1) is 16.7. The molecule has 2 aromatic carbocycles. The fourth-order valence-electron chi connectivity index (χ4n) is 2.44. The molecule has 0 fully saturated rings. The number of carboxylic acids is 1. The van der Waals surface area contributed by atoms with Gasteiger partial charge in [-0.15, -0.1) is 0 Å². The molecule has 5 nitrogen and oxygen atoms in total. The van der Waals surface area contributed by atoms with Gasteiger partial charge in [0.2, 0.25) is 0 Å². The van der Waals surface area contributed by atoms with E-state index in [0.717, 1.165) is 11.3 Å². The highest BCUT2D eigenvalue weighted by atomic mass is 16.5. The van der Waals surface area contributed by atoms with Gasteiger partial charge in [0.15, 0.2) is 0 Å². The molecule has 0 bridgehead atoms. The average Bonchev–Trinajstić information content (AvgIpc) is 2.55. The Hall–Kier alpha value is -2.69. The highest BCUT2D eigenvalue weighted by Crippen LogP contribution is 2.37.